The summed E-state index contributed by atoms with van der Waals surface area (Å²) in [7, 11) is 0. The lowest BCUT2D eigenvalue weighted by molar-refractivity contribution is -0.291. The Morgan fingerprint density at radius 2 is 1.52 bits per heavy atom. The van der Waals surface area contributed by atoms with Crippen LogP contribution in [-0.2, 0) is 0 Å². The molecule has 0 unspecified atom stereocenters. The Kier molecular flexibility index (Phi) is 4.28. The Balaban J connectivity index is 0.00000220. The first-order valence-corrected chi connectivity index (χ1v) is 5.04. The molecule has 21 heavy (non-hydrogen) atoms. The van der Waals surface area contributed by atoms with E-state index in [0.29, 0.717) is 6.07 Å². The third kappa shape index (κ3) is 3.10. The van der Waals surface area contributed by atoms with Gasteiger partial charge < -0.3 is 15.2 Å². The van der Waals surface area contributed by atoms with Gasteiger partial charge in [0.05, 0.1) is 0 Å². The lowest BCUT2D eigenvalue weighted by atomic mass is 10.0. The highest BCUT2D eigenvalue weighted by Gasteiger charge is 2.61. The van der Waals surface area contributed by atoms with Gasteiger partial charge in [0, 0.05) is 0 Å². The van der Waals surface area contributed by atoms with Crippen molar-refractivity contribution in [3.05, 3.63) is 23.8 Å². The second kappa shape index (κ2) is 5.09. The lowest BCUT2D eigenvalue weighted by Crippen LogP contribution is -2.45. The fourth-order valence-electron chi connectivity index (χ4n) is 1.54. The van der Waals surface area contributed by atoms with E-state index in [0.717, 1.165) is 12.1 Å². The molecule has 0 fully saturated rings. The van der Waals surface area contributed by atoms with Crippen LogP contribution in [0.2, 0.25) is 0 Å². The highest BCUT2D eigenvalue weighted by Crippen LogP contribution is 2.46. The summed E-state index contributed by atoms with van der Waals surface area (Å²) < 4.78 is 95.9. The van der Waals surface area contributed by atoms with Gasteiger partial charge in [-0.2, -0.15) is 22.0 Å². The molecule has 0 amide bonds. The zero-order valence-corrected chi connectivity index (χ0v) is 10.6. The third-order valence-corrected chi connectivity index (χ3v) is 2.55. The van der Waals surface area contributed by atoms with E-state index in [1.165, 1.54) is 0 Å². The van der Waals surface area contributed by atoms with E-state index < -0.39 is 41.5 Å². The van der Waals surface area contributed by atoms with Crippen LogP contribution >= 0.6 is 12.4 Å². The smallest absolute Gasteiger partial charge is 0.395 e. The van der Waals surface area contributed by atoms with Crippen molar-refractivity contribution in [2.45, 2.75) is 24.4 Å². The molecule has 1 atom stereocenters. The molecule has 0 radical (unpaired) electrons. The maximum atomic E-state index is 13.0. The topological polar surface area (TPSA) is 44.5 Å². The first kappa shape index (κ1) is 17.6. The second-order valence-corrected chi connectivity index (χ2v) is 3.97. The molecule has 0 spiro atoms. The molecule has 1 aromatic carbocycles. The third-order valence-electron chi connectivity index (χ3n) is 2.55. The van der Waals surface area contributed by atoms with Crippen LogP contribution in [0.3, 0.4) is 0 Å². The van der Waals surface area contributed by atoms with Gasteiger partial charge in [0.25, 0.3) is 0 Å². The zero-order valence-electron chi connectivity index (χ0n) is 9.76. The van der Waals surface area contributed by atoms with E-state index >= 15 is 0 Å². The van der Waals surface area contributed by atoms with Gasteiger partial charge in [0.2, 0.25) is 0 Å². The monoisotopic (exact) mass is 341 g/mol. The molecule has 1 aliphatic heterocycles. The highest BCUT2D eigenvalue weighted by atomic mass is 35.5. The van der Waals surface area contributed by atoms with Gasteiger partial charge in [0.15, 0.2) is 11.5 Å². The van der Waals surface area contributed by atoms with Gasteiger partial charge in [-0.05, 0) is 17.7 Å². The number of benzene rings is 1. The first-order chi connectivity index (χ1) is 8.94. The van der Waals surface area contributed by atoms with E-state index in [-0.39, 0.29) is 12.4 Å². The van der Waals surface area contributed by atoms with E-state index in [9.17, 15) is 30.7 Å². The first-order valence-electron chi connectivity index (χ1n) is 5.04. The number of rotatable bonds is 2. The number of fused-ring (bicyclic) bond motifs is 1. The maximum Gasteiger partial charge on any atom is 0.586 e. The number of hydrogen-bond acceptors (Lipinski definition) is 3. The van der Waals surface area contributed by atoms with Crippen LogP contribution in [0.25, 0.3) is 0 Å². The quantitative estimate of drug-likeness (QED) is 0.836. The molecule has 120 valence electrons. The molecule has 2 rings (SSSR count). The predicted molar refractivity (Wildman–Crippen MR) is 57.8 cm³/mol. The van der Waals surface area contributed by atoms with Gasteiger partial charge in [0.1, 0.15) is 6.04 Å². The molecule has 0 saturated heterocycles. The van der Waals surface area contributed by atoms with Gasteiger partial charge in [-0.15, -0.1) is 21.2 Å². The molecule has 0 aromatic heterocycles. The van der Waals surface area contributed by atoms with Gasteiger partial charge >= 0.3 is 18.4 Å². The highest BCUT2D eigenvalue weighted by molar-refractivity contribution is 5.85. The van der Waals surface area contributed by atoms with Crippen LogP contribution < -0.4 is 15.2 Å². The molecular weight excluding hydrogens is 335 g/mol. The van der Waals surface area contributed by atoms with Crippen molar-refractivity contribution < 1.29 is 40.2 Å². The van der Waals surface area contributed by atoms with Crippen molar-refractivity contribution >= 4 is 12.4 Å². The van der Waals surface area contributed by atoms with Crippen LogP contribution in [0.4, 0.5) is 30.7 Å². The summed E-state index contributed by atoms with van der Waals surface area (Å²) in [5.41, 5.74) is 4.15. The normalized spacial score (nSPS) is 18.1. The molecule has 2 N–H and O–H groups in total. The SMILES string of the molecule is Cl.N[C@H](c1ccc2c(c1)OC(F)(F)O2)C(F)(F)C(F)(F)F. The van der Waals surface area contributed by atoms with Crippen LogP contribution in [0, 0.1) is 0 Å². The van der Waals surface area contributed by atoms with Crippen LogP contribution in [0.5, 0.6) is 11.5 Å². The standard InChI is InChI=1S/C10H6F7NO2.ClH/c11-8(12,9(13,14)15)7(18)4-1-2-5-6(3-4)20-10(16,17)19-5;/h1-3,7H,18H2;1H/t7-;/m1./s1. The molecule has 3 nitrogen and oxygen atoms in total. The minimum Gasteiger partial charge on any atom is -0.395 e. The molecule has 1 heterocycles. The van der Waals surface area contributed by atoms with Crippen molar-refractivity contribution in [3.63, 3.8) is 0 Å². The van der Waals surface area contributed by atoms with Crippen molar-refractivity contribution in [3.8, 4) is 11.5 Å². The molecule has 0 saturated carbocycles. The largest absolute Gasteiger partial charge is 0.586 e. The maximum absolute atomic E-state index is 13.0. The Bertz CT molecular complexity index is 535. The summed E-state index contributed by atoms with van der Waals surface area (Å²) in [6.07, 6.45) is -9.87. The molecular formula is C10H7ClF7NO2. The number of nitrogens with two attached hydrogens (primary N) is 1. The van der Waals surface area contributed by atoms with E-state index in [2.05, 4.69) is 9.47 Å². The summed E-state index contributed by atoms with van der Waals surface area (Å²) in [5.74, 6) is -6.37. The average molecular weight is 342 g/mol. The summed E-state index contributed by atoms with van der Waals surface area (Å²) in [4.78, 5) is 0. The van der Waals surface area contributed by atoms with Gasteiger partial charge in [-0.3, -0.25) is 0 Å². The Hall–Kier alpha value is -1.42. The van der Waals surface area contributed by atoms with E-state index in [4.69, 9.17) is 5.73 Å². The number of ether oxygens (including phenoxy) is 2. The number of halogens is 8. The number of alkyl halides is 7. The van der Waals surface area contributed by atoms with Crippen molar-refractivity contribution in [1.29, 1.82) is 0 Å². The fraction of sp³-hybridized carbons (Fsp3) is 0.400. The van der Waals surface area contributed by atoms with E-state index in [1.54, 1.807) is 0 Å². The molecule has 0 bridgehead atoms. The summed E-state index contributed by atoms with van der Waals surface area (Å²) in [5, 5.41) is 0. The summed E-state index contributed by atoms with van der Waals surface area (Å²) in [6, 6.07) is -0.697. The van der Waals surface area contributed by atoms with Crippen LogP contribution in [-0.4, -0.2) is 18.4 Å². The average Bonchev–Trinajstić information content (AvgIpc) is 2.58. The Morgan fingerprint density at radius 1 is 1.00 bits per heavy atom. The minimum absolute atomic E-state index is 0. The van der Waals surface area contributed by atoms with Crippen molar-refractivity contribution in [1.82, 2.24) is 0 Å². The minimum atomic E-state index is -5.87. The van der Waals surface area contributed by atoms with Crippen molar-refractivity contribution in [2.24, 2.45) is 5.73 Å². The molecule has 1 aliphatic rings. The van der Waals surface area contributed by atoms with Crippen molar-refractivity contribution in [2.75, 3.05) is 0 Å². The fourth-order valence-corrected chi connectivity index (χ4v) is 1.54. The van der Waals surface area contributed by atoms with Crippen LogP contribution in [0.1, 0.15) is 11.6 Å². The molecule has 0 aliphatic carbocycles. The molecule has 1 aromatic rings. The van der Waals surface area contributed by atoms with Crippen LogP contribution in [0.15, 0.2) is 18.2 Å². The van der Waals surface area contributed by atoms with Gasteiger partial charge in [-0.1, -0.05) is 6.07 Å². The molecule has 11 heteroatoms. The second-order valence-electron chi connectivity index (χ2n) is 3.97. The Labute approximate surface area is 119 Å². The zero-order chi connectivity index (χ0) is 15.3. The lowest BCUT2D eigenvalue weighted by Gasteiger charge is -2.25. The summed E-state index contributed by atoms with van der Waals surface area (Å²) in [6.45, 7) is 0. The predicted octanol–water partition coefficient (Wildman–Crippen LogP) is 3.63. The Morgan fingerprint density at radius 3 is 2.05 bits per heavy atom. The summed E-state index contributed by atoms with van der Waals surface area (Å²) >= 11 is 0. The van der Waals surface area contributed by atoms with E-state index in [1.807, 2.05) is 0 Å². The van der Waals surface area contributed by atoms with Gasteiger partial charge in [-0.25, -0.2) is 0 Å². The number of hydrogen-bond donors (Lipinski definition) is 1.